The number of esters is 2. The van der Waals surface area contributed by atoms with Crippen molar-refractivity contribution < 1.29 is 23.9 Å². The number of halogens is 1. The van der Waals surface area contributed by atoms with Crippen LogP contribution < -0.4 is 5.73 Å². The first kappa shape index (κ1) is 16.8. The number of rotatable bonds is 5. The molecule has 7 nitrogen and oxygen atoms in total. The average Bonchev–Trinajstić information content (AvgIpc) is 2.45. The molecule has 0 heterocycles. The molecule has 1 rings (SSSR count). The standard InChI is InChI=1S/C13H15ClN2O5/c1-20-11(17)6-16(7-12(18)21-2)13(19)9-4-3-8(14)5-10(9)15/h3-5H,6-7,15H2,1-2H3. The summed E-state index contributed by atoms with van der Waals surface area (Å²) in [5, 5.41) is 0.372. The number of ether oxygens (including phenoxy) is 2. The van der Waals surface area contributed by atoms with E-state index >= 15 is 0 Å². The lowest BCUT2D eigenvalue weighted by atomic mass is 10.1. The maximum atomic E-state index is 12.4. The van der Waals surface area contributed by atoms with E-state index in [9.17, 15) is 14.4 Å². The van der Waals surface area contributed by atoms with Crippen molar-refractivity contribution in [2.45, 2.75) is 0 Å². The minimum atomic E-state index is -0.667. The highest BCUT2D eigenvalue weighted by Gasteiger charge is 2.23. The molecule has 0 radical (unpaired) electrons. The Kier molecular flexibility index (Phi) is 5.98. The second-order valence-corrected chi connectivity index (χ2v) is 4.48. The van der Waals surface area contributed by atoms with Crippen LogP contribution in [0.25, 0.3) is 0 Å². The fraction of sp³-hybridized carbons (Fsp3) is 0.308. The molecule has 0 bridgehead atoms. The SMILES string of the molecule is COC(=O)CN(CC(=O)OC)C(=O)c1ccc(Cl)cc1N. The van der Waals surface area contributed by atoms with Crippen molar-refractivity contribution in [1.29, 1.82) is 0 Å². The van der Waals surface area contributed by atoms with E-state index in [1.807, 2.05) is 0 Å². The van der Waals surface area contributed by atoms with Gasteiger partial charge in [-0.2, -0.15) is 0 Å². The fourth-order valence-corrected chi connectivity index (χ4v) is 1.72. The number of nitrogens with two attached hydrogens (primary N) is 1. The summed E-state index contributed by atoms with van der Waals surface area (Å²) in [6, 6.07) is 4.31. The molecule has 21 heavy (non-hydrogen) atoms. The number of nitrogen functional groups attached to an aromatic ring is 1. The quantitative estimate of drug-likeness (QED) is 0.635. The van der Waals surface area contributed by atoms with E-state index < -0.39 is 30.9 Å². The molecule has 0 aliphatic heterocycles. The minimum absolute atomic E-state index is 0.132. The van der Waals surface area contributed by atoms with Gasteiger partial charge in [0.2, 0.25) is 0 Å². The summed E-state index contributed by atoms with van der Waals surface area (Å²) >= 11 is 5.76. The third-order valence-electron chi connectivity index (χ3n) is 2.63. The highest BCUT2D eigenvalue weighted by atomic mass is 35.5. The Hall–Kier alpha value is -2.28. The lowest BCUT2D eigenvalue weighted by Crippen LogP contribution is -2.40. The molecule has 0 aliphatic rings. The number of methoxy groups -OCH3 is 2. The van der Waals surface area contributed by atoms with E-state index in [4.69, 9.17) is 17.3 Å². The fourth-order valence-electron chi connectivity index (χ4n) is 1.54. The van der Waals surface area contributed by atoms with Crippen LogP contribution in [0.15, 0.2) is 18.2 Å². The van der Waals surface area contributed by atoms with Gasteiger partial charge >= 0.3 is 11.9 Å². The summed E-state index contributed by atoms with van der Waals surface area (Å²) < 4.78 is 8.99. The molecule has 0 spiro atoms. The van der Waals surface area contributed by atoms with Crippen LogP contribution in [0.2, 0.25) is 5.02 Å². The minimum Gasteiger partial charge on any atom is -0.468 e. The van der Waals surface area contributed by atoms with E-state index in [0.717, 1.165) is 4.90 Å². The highest BCUT2D eigenvalue weighted by Crippen LogP contribution is 2.19. The second-order valence-electron chi connectivity index (χ2n) is 4.05. The molecule has 0 unspecified atom stereocenters. The van der Waals surface area contributed by atoms with Crippen LogP contribution in [0.5, 0.6) is 0 Å². The van der Waals surface area contributed by atoms with E-state index in [1.165, 1.54) is 32.4 Å². The Labute approximate surface area is 126 Å². The Morgan fingerprint density at radius 2 is 1.67 bits per heavy atom. The van der Waals surface area contributed by atoms with Crippen LogP contribution in [0, 0.1) is 0 Å². The van der Waals surface area contributed by atoms with Crippen molar-refractivity contribution in [1.82, 2.24) is 4.90 Å². The molecular formula is C13H15ClN2O5. The lowest BCUT2D eigenvalue weighted by Gasteiger charge is -2.20. The second kappa shape index (κ2) is 7.49. The molecule has 114 valence electrons. The number of anilines is 1. The van der Waals surface area contributed by atoms with E-state index in [-0.39, 0.29) is 11.3 Å². The van der Waals surface area contributed by atoms with Crippen LogP contribution in [-0.4, -0.2) is 50.1 Å². The number of benzene rings is 1. The molecule has 0 fully saturated rings. The summed E-state index contributed by atoms with van der Waals surface area (Å²) in [5.74, 6) is -1.93. The van der Waals surface area contributed by atoms with Crippen LogP contribution in [0.3, 0.4) is 0 Å². The predicted molar refractivity (Wildman–Crippen MR) is 75.8 cm³/mol. The Bertz CT molecular complexity index is 543. The number of amides is 1. The molecule has 0 saturated carbocycles. The van der Waals surface area contributed by atoms with Gasteiger partial charge in [0.1, 0.15) is 13.1 Å². The van der Waals surface area contributed by atoms with E-state index in [0.29, 0.717) is 5.02 Å². The van der Waals surface area contributed by atoms with Crippen molar-refractivity contribution in [3.8, 4) is 0 Å². The molecule has 1 aromatic rings. The van der Waals surface area contributed by atoms with Crippen molar-refractivity contribution >= 4 is 35.1 Å². The smallest absolute Gasteiger partial charge is 0.325 e. The summed E-state index contributed by atoms with van der Waals surface area (Å²) in [6.07, 6.45) is 0. The molecule has 0 aliphatic carbocycles. The molecule has 1 amide bonds. The summed E-state index contributed by atoms with van der Waals surface area (Å²) in [5.41, 5.74) is 6.00. The third kappa shape index (κ3) is 4.64. The number of carbonyl (C=O) groups excluding carboxylic acids is 3. The van der Waals surface area contributed by atoms with Crippen LogP contribution >= 0.6 is 11.6 Å². The predicted octanol–water partition coefficient (Wildman–Crippen LogP) is 0.710. The monoisotopic (exact) mass is 314 g/mol. The molecule has 0 saturated heterocycles. The summed E-state index contributed by atoms with van der Waals surface area (Å²) in [6.45, 7) is -0.793. The highest BCUT2D eigenvalue weighted by molar-refractivity contribution is 6.31. The van der Waals surface area contributed by atoms with Crippen molar-refractivity contribution in [3.05, 3.63) is 28.8 Å². The van der Waals surface area contributed by atoms with Gasteiger partial charge in [-0.1, -0.05) is 11.6 Å². The molecule has 1 aromatic carbocycles. The van der Waals surface area contributed by atoms with Gasteiger partial charge in [0, 0.05) is 10.7 Å². The maximum Gasteiger partial charge on any atom is 0.325 e. The molecule has 0 atom stereocenters. The maximum absolute atomic E-state index is 12.4. The zero-order chi connectivity index (χ0) is 16.0. The van der Waals surface area contributed by atoms with E-state index in [1.54, 1.807) is 0 Å². The topological polar surface area (TPSA) is 98.9 Å². The van der Waals surface area contributed by atoms with Gasteiger partial charge in [-0.3, -0.25) is 14.4 Å². The summed E-state index contributed by atoms with van der Waals surface area (Å²) in [7, 11) is 2.36. The summed E-state index contributed by atoms with van der Waals surface area (Å²) in [4.78, 5) is 36.0. The first-order valence-electron chi connectivity index (χ1n) is 5.87. The number of carbonyl (C=O) groups is 3. The number of nitrogens with zero attached hydrogens (tertiary/aromatic N) is 1. The van der Waals surface area contributed by atoms with Crippen molar-refractivity contribution in [2.75, 3.05) is 33.0 Å². The van der Waals surface area contributed by atoms with Gasteiger partial charge in [-0.05, 0) is 18.2 Å². The van der Waals surface area contributed by atoms with Crippen LogP contribution in [0.4, 0.5) is 5.69 Å². The average molecular weight is 315 g/mol. The van der Waals surface area contributed by atoms with Crippen LogP contribution in [-0.2, 0) is 19.1 Å². The number of hydrogen-bond acceptors (Lipinski definition) is 6. The molecular weight excluding hydrogens is 300 g/mol. The lowest BCUT2D eigenvalue weighted by molar-refractivity contribution is -0.144. The zero-order valence-electron chi connectivity index (χ0n) is 11.6. The van der Waals surface area contributed by atoms with Crippen molar-refractivity contribution in [3.63, 3.8) is 0 Å². The van der Waals surface area contributed by atoms with Gasteiger partial charge < -0.3 is 20.1 Å². The molecule has 0 aromatic heterocycles. The normalized spacial score (nSPS) is 9.86. The van der Waals surface area contributed by atoms with Gasteiger partial charge in [-0.25, -0.2) is 0 Å². The van der Waals surface area contributed by atoms with Gasteiger partial charge in [0.05, 0.1) is 19.8 Å². The van der Waals surface area contributed by atoms with Gasteiger partial charge in [0.25, 0.3) is 5.91 Å². The zero-order valence-corrected chi connectivity index (χ0v) is 12.3. The van der Waals surface area contributed by atoms with Gasteiger partial charge in [-0.15, -0.1) is 0 Å². The largest absolute Gasteiger partial charge is 0.468 e. The number of hydrogen-bond donors (Lipinski definition) is 1. The van der Waals surface area contributed by atoms with Crippen LogP contribution in [0.1, 0.15) is 10.4 Å². The Morgan fingerprint density at radius 1 is 1.14 bits per heavy atom. The van der Waals surface area contributed by atoms with Gasteiger partial charge in [0.15, 0.2) is 0 Å². The molecule has 2 N–H and O–H groups in total. The Balaban J connectivity index is 3.02. The third-order valence-corrected chi connectivity index (χ3v) is 2.86. The molecule has 8 heteroatoms. The van der Waals surface area contributed by atoms with E-state index in [2.05, 4.69) is 9.47 Å². The first-order valence-corrected chi connectivity index (χ1v) is 6.24. The first-order chi connectivity index (χ1) is 9.88. The van der Waals surface area contributed by atoms with Crippen molar-refractivity contribution in [2.24, 2.45) is 0 Å². The Morgan fingerprint density at radius 3 is 2.10 bits per heavy atom.